The normalized spacial score (nSPS) is 16.8. The third-order valence-corrected chi connectivity index (χ3v) is 5.78. The zero-order chi connectivity index (χ0) is 18.4. The predicted molar refractivity (Wildman–Crippen MR) is 114 cm³/mol. The summed E-state index contributed by atoms with van der Waals surface area (Å²) < 4.78 is 37.9. The maximum absolute atomic E-state index is 13.3. The van der Waals surface area contributed by atoms with Gasteiger partial charge in [0.15, 0.2) is 5.96 Å². The molecule has 0 saturated carbocycles. The number of nitrogens with zero attached hydrogens (tertiary/aromatic N) is 3. The monoisotopic (exact) mass is 498 g/mol. The Balaban J connectivity index is 0.00000338. The third kappa shape index (κ3) is 6.99. The second kappa shape index (κ2) is 10.4. The minimum Gasteiger partial charge on any atom is -0.356 e. The van der Waals surface area contributed by atoms with E-state index in [0.29, 0.717) is 25.6 Å². The fourth-order valence-electron chi connectivity index (χ4n) is 3.05. The van der Waals surface area contributed by atoms with Crippen LogP contribution in [0.5, 0.6) is 0 Å². The third-order valence-electron chi connectivity index (χ3n) is 4.47. The topological polar surface area (TPSA) is 65.0 Å². The molecule has 1 heterocycles. The number of halogens is 2. The van der Waals surface area contributed by atoms with Gasteiger partial charge in [-0.05, 0) is 36.5 Å². The van der Waals surface area contributed by atoms with Gasteiger partial charge >= 0.3 is 0 Å². The molecule has 0 spiro atoms. The van der Waals surface area contributed by atoms with Gasteiger partial charge in [-0.3, -0.25) is 4.99 Å². The van der Waals surface area contributed by atoms with Crippen LogP contribution in [0.2, 0.25) is 0 Å². The smallest absolute Gasteiger partial charge is 0.211 e. The van der Waals surface area contributed by atoms with Crippen molar-refractivity contribution in [2.75, 3.05) is 40.0 Å². The average molecular weight is 498 g/mol. The molecular formula is C17H28FIN4O2S. The lowest BCUT2D eigenvalue weighted by Gasteiger charge is -2.31. The Kier molecular flexibility index (Phi) is 9.25. The van der Waals surface area contributed by atoms with Crippen LogP contribution in [0.3, 0.4) is 0 Å². The fourth-order valence-corrected chi connectivity index (χ4v) is 3.92. The number of rotatable bonds is 5. The molecule has 0 atom stereocenters. The van der Waals surface area contributed by atoms with E-state index in [1.165, 1.54) is 22.7 Å². The van der Waals surface area contributed by atoms with Crippen LogP contribution in [-0.2, 0) is 16.6 Å². The van der Waals surface area contributed by atoms with Gasteiger partial charge < -0.3 is 10.2 Å². The number of hydrogen-bond acceptors (Lipinski definition) is 3. The molecule has 1 aliphatic rings. The maximum atomic E-state index is 13.3. The van der Waals surface area contributed by atoms with Crippen molar-refractivity contribution < 1.29 is 12.8 Å². The number of sulfonamides is 1. The Labute approximate surface area is 172 Å². The molecule has 0 aliphatic carbocycles. The van der Waals surface area contributed by atoms with E-state index in [-0.39, 0.29) is 29.8 Å². The summed E-state index contributed by atoms with van der Waals surface area (Å²) in [6, 6.07) is 6.53. The van der Waals surface area contributed by atoms with E-state index in [2.05, 4.69) is 10.3 Å². The van der Waals surface area contributed by atoms with Crippen molar-refractivity contribution >= 4 is 40.0 Å². The van der Waals surface area contributed by atoms with E-state index >= 15 is 0 Å². The molecular weight excluding hydrogens is 470 g/mol. The molecule has 6 nitrogen and oxygen atoms in total. The summed E-state index contributed by atoms with van der Waals surface area (Å²) in [6.07, 6.45) is 2.93. The van der Waals surface area contributed by atoms with Crippen molar-refractivity contribution in [2.45, 2.75) is 19.4 Å². The molecule has 0 aromatic heterocycles. The minimum absolute atomic E-state index is 0. The first-order chi connectivity index (χ1) is 11.8. The van der Waals surface area contributed by atoms with Crippen LogP contribution < -0.4 is 5.32 Å². The van der Waals surface area contributed by atoms with Crippen LogP contribution in [-0.4, -0.2) is 63.6 Å². The first-order valence-corrected chi connectivity index (χ1v) is 10.3. The van der Waals surface area contributed by atoms with Crippen molar-refractivity contribution in [3.05, 3.63) is 35.6 Å². The van der Waals surface area contributed by atoms with E-state index in [0.717, 1.165) is 30.9 Å². The van der Waals surface area contributed by atoms with Gasteiger partial charge in [0.2, 0.25) is 10.0 Å². The Hall–Kier alpha value is -0.940. The zero-order valence-electron chi connectivity index (χ0n) is 15.5. The molecule has 0 amide bonds. The molecule has 1 aromatic rings. The number of nitrogens with one attached hydrogen (secondary N) is 1. The SMILES string of the molecule is CN=C(NCC1CCN(S(C)(=O)=O)CC1)N(C)Cc1cccc(F)c1.I. The van der Waals surface area contributed by atoms with Gasteiger partial charge in [0, 0.05) is 40.3 Å². The van der Waals surface area contributed by atoms with Crippen molar-refractivity contribution in [1.29, 1.82) is 0 Å². The largest absolute Gasteiger partial charge is 0.356 e. The maximum Gasteiger partial charge on any atom is 0.211 e. The number of piperidine rings is 1. The Morgan fingerprint density at radius 1 is 1.38 bits per heavy atom. The van der Waals surface area contributed by atoms with Gasteiger partial charge in [-0.1, -0.05) is 12.1 Å². The van der Waals surface area contributed by atoms with Gasteiger partial charge in [-0.15, -0.1) is 24.0 Å². The van der Waals surface area contributed by atoms with Crippen LogP contribution >= 0.6 is 24.0 Å². The first-order valence-electron chi connectivity index (χ1n) is 8.41. The van der Waals surface area contributed by atoms with Gasteiger partial charge in [0.05, 0.1) is 6.26 Å². The highest BCUT2D eigenvalue weighted by atomic mass is 127. The van der Waals surface area contributed by atoms with Crippen LogP contribution in [0.1, 0.15) is 18.4 Å². The zero-order valence-corrected chi connectivity index (χ0v) is 18.6. The fraction of sp³-hybridized carbons (Fsp3) is 0.588. The Bertz CT molecular complexity index is 706. The van der Waals surface area contributed by atoms with Crippen LogP contribution in [0, 0.1) is 11.7 Å². The number of hydrogen-bond donors (Lipinski definition) is 1. The van der Waals surface area contributed by atoms with E-state index < -0.39 is 10.0 Å². The van der Waals surface area contributed by atoms with Crippen molar-refractivity contribution in [2.24, 2.45) is 10.9 Å². The standard InChI is InChI=1S/C17H27FN4O2S.HI/c1-19-17(21(2)13-15-5-4-6-16(18)11-15)20-12-14-7-9-22(10-8-14)25(3,23)24;/h4-6,11,14H,7-10,12-13H2,1-3H3,(H,19,20);1H. The second-order valence-corrected chi connectivity index (χ2v) is 8.50. The summed E-state index contributed by atoms with van der Waals surface area (Å²) in [4.78, 5) is 6.22. The molecule has 26 heavy (non-hydrogen) atoms. The van der Waals surface area contributed by atoms with Crippen molar-refractivity contribution in [1.82, 2.24) is 14.5 Å². The van der Waals surface area contributed by atoms with E-state index in [9.17, 15) is 12.8 Å². The lowest BCUT2D eigenvalue weighted by molar-refractivity contribution is 0.273. The molecule has 2 rings (SSSR count). The van der Waals surface area contributed by atoms with E-state index in [1.54, 1.807) is 13.1 Å². The molecule has 0 unspecified atom stereocenters. The first kappa shape index (κ1) is 23.1. The lowest BCUT2D eigenvalue weighted by Crippen LogP contribution is -2.44. The van der Waals surface area contributed by atoms with Gasteiger partial charge in [0.1, 0.15) is 5.82 Å². The molecule has 1 fully saturated rings. The van der Waals surface area contributed by atoms with Crippen LogP contribution in [0.15, 0.2) is 29.3 Å². The van der Waals surface area contributed by atoms with E-state index in [4.69, 9.17) is 0 Å². The van der Waals surface area contributed by atoms with Crippen molar-refractivity contribution in [3.8, 4) is 0 Å². The predicted octanol–water partition coefficient (Wildman–Crippen LogP) is 2.12. The van der Waals surface area contributed by atoms with Crippen LogP contribution in [0.25, 0.3) is 0 Å². The number of guanidine groups is 1. The quantitative estimate of drug-likeness (QED) is 0.384. The molecule has 9 heteroatoms. The molecule has 148 valence electrons. The highest BCUT2D eigenvalue weighted by molar-refractivity contribution is 14.0. The molecule has 1 N–H and O–H groups in total. The van der Waals surface area contributed by atoms with Gasteiger partial charge in [-0.2, -0.15) is 0 Å². The van der Waals surface area contributed by atoms with E-state index in [1.807, 2.05) is 18.0 Å². The molecule has 0 bridgehead atoms. The highest BCUT2D eigenvalue weighted by Crippen LogP contribution is 2.18. The summed E-state index contributed by atoms with van der Waals surface area (Å²) in [7, 11) is 0.542. The summed E-state index contributed by atoms with van der Waals surface area (Å²) in [6.45, 7) is 2.45. The molecule has 0 radical (unpaired) electrons. The Morgan fingerprint density at radius 3 is 2.58 bits per heavy atom. The summed E-state index contributed by atoms with van der Waals surface area (Å²) in [5, 5.41) is 3.34. The van der Waals surface area contributed by atoms with Gasteiger partial charge in [-0.25, -0.2) is 17.1 Å². The summed E-state index contributed by atoms with van der Waals surface area (Å²) in [5.41, 5.74) is 0.881. The lowest BCUT2D eigenvalue weighted by atomic mass is 9.98. The number of aliphatic imine (C=N–C) groups is 1. The molecule has 1 aromatic carbocycles. The summed E-state index contributed by atoms with van der Waals surface area (Å²) in [5.74, 6) is 0.915. The van der Waals surface area contributed by atoms with Crippen LogP contribution in [0.4, 0.5) is 4.39 Å². The average Bonchev–Trinajstić information content (AvgIpc) is 2.55. The highest BCUT2D eigenvalue weighted by Gasteiger charge is 2.25. The summed E-state index contributed by atoms with van der Waals surface area (Å²) >= 11 is 0. The second-order valence-electron chi connectivity index (χ2n) is 6.52. The minimum atomic E-state index is -3.09. The molecule has 1 aliphatic heterocycles. The number of benzene rings is 1. The Morgan fingerprint density at radius 2 is 2.04 bits per heavy atom. The van der Waals surface area contributed by atoms with Gasteiger partial charge in [0.25, 0.3) is 0 Å². The van der Waals surface area contributed by atoms with Crippen molar-refractivity contribution in [3.63, 3.8) is 0 Å². The molecule has 1 saturated heterocycles.